The van der Waals surface area contributed by atoms with Gasteiger partial charge in [-0.3, -0.25) is 0 Å². The van der Waals surface area contributed by atoms with E-state index >= 15 is 0 Å². The third kappa shape index (κ3) is 11.8. The molecule has 2 unspecified atom stereocenters. The molecule has 2 nitrogen and oxygen atoms in total. The van der Waals surface area contributed by atoms with E-state index in [0.717, 1.165) is 10.2 Å². The summed E-state index contributed by atoms with van der Waals surface area (Å²) < 4.78 is 0. The van der Waals surface area contributed by atoms with Crippen molar-refractivity contribution < 1.29 is 10.2 Å². The van der Waals surface area contributed by atoms with Gasteiger partial charge in [0.1, 0.15) is 0 Å². The highest BCUT2D eigenvalue weighted by Crippen LogP contribution is 2.19. The Balaban J connectivity index is 3.05. The standard InChI is InChI=1S/C8H16Cl2O2S3/c9-1-7(11)3-13-5-15-6-14-4-8(12)2-10/h7-8,11-12H,1-6H2. The lowest BCUT2D eigenvalue weighted by Crippen LogP contribution is -2.11. The molecular weight excluding hydrogens is 295 g/mol. The summed E-state index contributed by atoms with van der Waals surface area (Å²) in [5.74, 6) is 1.97. The van der Waals surface area contributed by atoms with Crippen molar-refractivity contribution in [2.24, 2.45) is 0 Å². The highest BCUT2D eigenvalue weighted by Gasteiger charge is 2.03. The molecule has 0 bridgehead atoms. The second-order valence-electron chi connectivity index (χ2n) is 2.80. The van der Waals surface area contributed by atoms with Gasteiger partial charge in [-0.05, 0) is 0 Å². The van der Waals surface area contributed by atoms with Gasteiger partial charge in [0.05, 0.1) is 12.2 Å². The van der Waals surface area contributed by atoms with Gasteiger partial charge in [-0.15, -0.1) is 58.5 Å². The van der Waals surface area contributed by atoms with E-state index in [0.29, 0.717) is 23.3 Å². The molecular formula is C8H16Cl2O2S3. The largest absolute Gasteiger partial charge is 0.391 e. The first kappa shape index (κ1) is 16.6. The average molecular weight is 311 g/mol. The molecule has 0 radical (unpaired) electrons. The summed E-state index contributed by atoms with van der Waals surface area (Å²) >= 11 is 16.0. The van der Waals surface area contributed by atoms with Crippen LogP contribution in [0, 0.1) is 0 Å². The summed E-state index contributed by atoms with van der Waals surface area (Å²) in [6, 6.07) is 0. The van der Waals surface area contributed by atoms with E-state index in [9.17, 15) is 0 Å². The maximum atomic E-state index is 9.15. The third-order valence-corrected chi connectivity index (χ3v) is 5.93. The Morgan fingerprint density at radius 2 is 1.20 bits per heavy atom. The predicted octanol–water partition coefficient (Wildman–Crippen LogP) is 2.30. The molecule has 0 spiro atoms. The van der Waals surface area contributed by atoms with Crippen LogP contribution >= 0.6 is 58.5 Å². The maximum absolute atomic E-state index is 9.15. The minimum atomic E-state index is -0.400. The van der Waals surface area contributed by atoms with Crippen LogP contribution in [0.1, 0.15) is 0 Å². The van der Waals surface area contributed by atoms with Gasteiger partial charge in [-0.2, -0.15) is 0 Å². The van der Waals surface area contributed by atoms with Gasteiger partial charge in [0.2, 0.25) is 0 Å². The van der Waals surface area contributed by atoms with Crippen LogP contribution in [-0.4, -0.2) is 55.9 Å². The number of alkyl halides is 2. The van der Waals surface area contributed by atoms with Crippen molar-refractivity contribution >= 4 is 58.5 Å². The lowest BCUT2D eigenvalue weighted by molar-refractivity contribution is 0.223. The summed E-state index contributed by atoms with van der Waals surface area (Å²) in [6.45, 7) is 0. The first-order chi connectivity index (χ1) is 7.20. The molecule has 0 saturated heterocycles. The van der Waals surface area contributed by atoms with Gasteiger partial charge >= 0.3 is 0 Å². The van der Waals surface area contributed by atoms with Gasteiger partial charge in [0, 0.05) is 33.4 Å². The van der Waals surface area contributed by atoms with Gasteiger partial charge in [0.25, 0.3) is 0 Å². The minimum Gasteiger partial charge on any atom is -0.391 e. The van der Waals surface area contributed by atoms with Crippen LogP contribution in [0.25, 0.3) is 0 Å². The van der Waals surface area contributed by atoms with Crippen molar-refractivity contribution in [3.05, 3.63) is 0 Å². The van der Waals surface area contributed by atoms with E-state index in [1.807, 2.05) is 0 Å². The number of aliphatic hydroxyl groups is 2. The molecule has 0 aromatic heterocycles. The van der Waals surface area contributed by atoms with Crippen molar-refractivity contribution in [1.82, 2.24) is 0 Å². The first-order valence-corrected chi connectivity index (χ1v) is 8.95. The number of rotatable bonds is 10. The average Bonchev–Trinajstić information content (AvgIpc) is 2.26. The fourth-order valence-corrected chi connectivity index (χ4v) is 4.46. The zero-order valence-electron chi connectivity index (χ0n) is 8.27. The van der Waals surface area contributed by atoms with E-state index in [1.165, 1.54) is 0 Å². The van der Waals surface area contributed by atoms with Gasteiger partial charge in [-0.25, -0.2) is 0 Å². The van der Waals surface area contributed by atoms with E-state index in [-0.39, 0.29) is 0 Å². The van der Waals surface area contributed by atoms with Crippen molar-refractivity contribution in [3.63, 3.8) is 0 Å². The molecule has 0 heterocycles. The van der Waals surface area contributed by atoms with Crippen LogP contribution in [0.3, 0.4) is 0 Å². The Labute approximate surface area is 114 Å². The first-order valence-electron chi connectivity index (χ1n) is 4.42. The van der Waals surface area contributed by atoms with Crippen LogP contribution in [-0.2, 0) is 0 Å². The fourth-order valence-electron chi connectivity index (χ4n) is 0.609. The molecule has 0 rings (SSSR count). The van der Waals surface area contributed by atoms with Crippen LogP contribution in [0.15, 0.2) is 0 Å². The fraction of sp³-hybridized carbons (Fsp3) is 1.00. The highest BCUT2D eigenvalue weighted by atomic mass is 35.5. The van der Waals surface area contributed by atoms with Crippen LogP contribution in [0.4, 0.5) is 0 Å². The van der Waals surface area contributed by atoms with Gasteiger partial charge in [-0.1, -0.05) is 0 Å². The third-order valence-electron chi connectivity index (χ3n) is 1.31. The summed E-state index contributed by atoms with van der Waals surface area (Å²) in [5, 5.41) is 20.2. The summed E-state index contributed by atoms with van der Waals surface area (Å²) in [7, 11) is 0. The van der Waals surface area contributed by atoms with Crippen LogP contribution in [0.2, 0.25) is 0 Å². The Morgan fingerprint density at radius 3 is 1.53 bits per heavy atom. The number of hydrogen-bond donors (Lipinski definition) is 2. The molecule has 0 fully saturated rings. The smallest absolute Gasteiger partial charge is 0.0766 e. The van der Waals surface area contributed by atoms with E-state index in [4.69, 9.17) is 33.4 Å². The summed E-state index contributed by atoms with van der Waals surface area (Å²) in [6.07, 6.45) is -0.800. The van der Waals surface area contributed by atoms with Crippen molar-refractivity contribution in [2.45, 2.75) is 12.2 Å². The van der Waals surface area contributed by atoms with Crippen molar-refractivity contribution in [2.75, 3.05) is 33.4 Å². The molecule has 0 aromatic carbocycles. The number of aliphatic hydroxyl groups excluding tert-OH is 2. The van der Waals surface area contributed by atoms with Gasteiger partial charge in [0.15, 0.2) is 0 Å². The quantitative estimate of drug-likeness (QED) is 0.368. The second kappa shape index (κ2) is 12.0. The second-order valence-corrected chi connectivity index (χ2v) is 7.19. The van der Waals surface area contributed by atoms with Crippen molar-refractivity contribution in [1.29, 1.82) is 0 Å². The molecule has 0 aliphatic rings. The molecule has 0 aliphatic heterocycles. The van der Waals surface area contributed by atoms with E-state index < -0.39 is 12.2 Å². The molecule has 0 saturated carbocycles. The monoisotopic (exact) mass is 310 g/mol. The van der Waals surface area contributed by atoms with Crippen LogP contribution in [0.5, 0.6) is 0 Å². The normalized spacial score (nSPS) is 15.2. The molecule has 0 aromatic rings. The SMILES string of the molecule is OC(CCl)CSCSCSCC(O)CCl. The molecule has 0 aliphatic carbocycles. The summed E-state index contributed by atoms with van der Waals surface area (Å²) in [4.78, 5) is 0. The summed E-state index contributed by atoms with van der Waals surface area (Å²) in [5.41, 5.74) is 0. The van der Waals surface area contributed by atoms with Gasteiger partial charge < -0.3 is 10.2 Å². The Bertz CT molecular complexity index is 129. The van der Waals surface area contributed by atoms with E-state index in [2.05, 4.69) is 0 Å². The molecule has 15 heavy (non-hydrogen) atoms. The Hall–Kier alpha value is 1.55. The number of hydrogen-bond acceptors (Lipinski definition) is 5. The minimum absolute atomic E-state index is 0.300. The zero-order chi connectivity index (χ0) is 11.5. The van der Waals surface area contributed by atoms with Crippen molar-refractivity contribution in [3.8, 4) is 0 Å². The Kier molecular flexibility index (Phi) is 13.3. The topological polar surface area (TPSA) is 40.5 Å². The number of halogens is 2. The lowest BCUT2D eigenvalue weighted by atomic mass is 10.5. The zero-order valence-corrected chi connectivity index (χ0v) is 12.2. The molecule has 7 heteroatoms. The predicted molar refractivity (Wildman–Crippen MR) is 75.7 cm³/mol. The number of thioether (sulfide) groups is 3. The van der Waals surface area contributed by atoms with E-state index in [1.54, 1.807) is 35.3 Å². The molecule has 92 valence electrons. The molecule has 2 N–H and O–H groups in total. The molecule has 0 amide bonds. The lowest BCUT2D eigenvalue weighted by Gasteiger charge is -2.07. The maximum Gasteiger partial charge on any atom is 0.0766 e. The highest BCUT2D eigenvalue weighted by molar-refractivity contribution is 8.22. The molecule has 2 atom stereocenters. The van der Waals surface area contributed by atoms with Crippen LogP contribution < -0.4 is 0 Å². The Morgan fingerprint density at radius 1 is 0.800 bits per heavy atom.